The van der Waals surface area contributed by atoms with E-state index in [1.54, 1.807) is 24.3 Å². The van der Waals surface area contributed by atoms with Crippen molar-refractivity contribution in [2.45, 2.75) is 6.61 Å². The van der Waals surface area contributed by atoms with Crippen LogP contribution in [-0.2, 0) is 6.61 Å². The summed E-state index contributed by atoms with van der Waals surface area (Å²) in [7, 11) is 0. The minimum atomic E-state index is -0.819. The molecule has 0 aliphatic carbocycles. The lowest BCUT2D eigenvalue weighted by Crippen LogP contribution is -2.14. The van der Waals surface area contributed by atoms with Gasteiger partial charge in [-0.3, -0.25) is 4.79 Å². The summed E-state index contributed by atoms with van der Waals surface area (Å²) in [6.45, 7) is -0.242. The van der Waals surface area contributed by atoms with Crippen LogP contribution < -0.4 is 5.32 Å². The number of aliphatic hydroxyl groups excluding tert-OH is 1. The zero-order valence-electron chi connectivity index (χ0n) is 9.86. The van der Waals surface area contributed by atoms with Gasteiger partial charge < -0.3 is 10.4 Å². The summed E-state index contributed by atoms with van der Waals surface area (Å²) in [6, 6.07) is 9.21. The Kier molecular flexibility index (Phi) is 3.87. The van der Waals surface area contributed by atoms with Crippen LogP contribution in [-0.4, -0.2) is 11.0 Å². The van der Waals surface area contributed by atoms with Gasteiger partial charge in [0.15, 0.2) is 0 Å². The Morgan fingerprint density at radius 3 is 2.37 bits per heavy atom. The van der Waals surface area contributed by atoms with E-state index >= 15 is 0 Å². The molecule has 0 radical (unpaired) electrons. The number of rotatable bonds is 3. The van der Waals surface area contributed by atoms with Crippen molar-refractivity contribution >= 4 is 11.6 Å². The number of carbonyl (C=O) groups is 1. The van der Waals surface area contributed by atoms with Crippen LogP contribution in [0.5, 0.6) is 0 Å². The number of para-hydroxylation sites is 1. The van der Waals surface area contributed by atoms with Crippen molar-refractivity contribution in [3.63, 3.8) is 0 Å². The molecular formula is C14H11F2NO2. The number of hydrogen-bond donors (Lipinski definition) is 2. The van der Waals surface area contributed by atoms with Crippen LogP contribution in [0.3, 0.4) is 0 Å². The largest absolute Gasteiger partial charge is 0.392 e. The lowest BCUT2D eigenvalue weighted by molar-refractivity contribution is 0.102. The molecule has 0 spiro atoms. The van der Waals surface area contributed by atoms with Gasteiger partial charge >= 0.3 is 0 Å². The number of carbonyl (C=O) groups excluding carboxylic acids is 1. The highest BCUT2D eigenvalue weighted by Crippen LogP contribution is 2.17. The molecule has 0 saturated heterocycles. The molecular weight excluding hydrogens is 252 g/mol. The summed E-state index contributed by atoms with van der Waals surface area (Å²) in [5.41, 5.74) is 0.803. The van der Waals surface area contributed by atoms with E-state index < -0.39 is 17.5 Å². The van der Waals surface area contributed by atoms with Crippen LogP contribution in [0.4, 0.5) is 14.5 Å². The normalized spacial score (nSPS) is 10.3. The third-order valence-electron chi connectivity index (χ3n) is 2.56. The first-order valence-electron chi connectivity index (χ1n) is 5.56. The van der Waals surface area contributed by atoms with Crippen LogP contribution in [0, 0.1) is 11.6 Å². The lowest BCUT2D eigenvalue weighted by atomic mass is 10.1. The fraction of sp³-hybridized carbons (Fsp3) is 0.0714. The first kappa shape index (κ1) is 13.2. The van der Waals surface area contributed by atoms with E-state index in [0.29, 0.717) is 17.3 Å². The lowest BCUT2D eigenvalue weighted by Gasteiger charge is -2.09. The van der Waals surface area contributed by atoms with E-state index in [-0.39, 0.29) is 12.2 Å². The molecule has 2 N–H and O–H groups in total. The first-order chi connectivity index (χ1) is 9.10. The van der Waals surface area contributed by atoms with Crippen molar-refractivity contribution in [2.75, 3.05) is 5.32 Å². The highest BCUT2D eigenvalue weighted by atomic mass is 19.1. The summed E-state index contributed by atoms with van der Waals surface area (Å²) >= 11 is 0. The Labute approximate surface area is 108 Å². The number of amides is 1. The minimum Gasteiger partial charge on any atom is -0.392 e. The molecule has 0 saturated carbocycles. The van der Waals surface area contributed by atoms with Gasteiger partial charge in [0.05, 0.1) is 6.61 Å². The van der Waals surface area contributed by atoms with Gasteiger partial charge in [-0.1, -0.05) is 18.2 Å². The molecule has 2 rings (SSSR count). The van der Waals surface area contributed by atoms with E-state index in [2.05, 4.69) is 5.32 Å². The molecule has 0 bridgehead atoms. The number of benzene rings is 2. The average Bonchev–Trinajstić information content (AvgIpc) is 2.38. The molecule has 0 unspecified atom stereocenters. The van der Waals surface area contributed by atoms with Gasteiger partial charge in [0, 0.05) is 22.9 Å². The number of nitrogens with one attached hydrogen (secondary N) is 1. The van der Waals surface area contributed by atoms with E-state index in [1.165, 1.54) is 0 Å². The SMILES string of the molecule is O=C(Nc1ccccc1CO)c1cc(F)cc(F)c1. The quantitative estimate of drug-likeness (QED) is 0.894. The van der Waals surface area contributed by atoms with Crippen LogP contribution in [0.1, 0.15) is 15.9 Å². The topological polar surface area (TPSA) is 49.3 Å². The third-order valence-corrected chi connectivity index (χ3v) is 2.56. The van der Waals surface area contributed by atoms with Crippen LogP contribution in [0.2, 0.25) is 0 Å². The predicted octanol–water partition coefficient (Wildman–Crippen LogP) is 2.71. The summed E-state index contributed by atoms with van der Waals surface area (Å²) < 4.78 is 26.0. The second-order valence-corrected chi connectivity index (χ2v) is 3.93. The van der Waals surface area contributed by atoms with Crippen molar-refractivity contribution in [2.24, 2.45) is 0 Å². The number of aliphatic hydroxyl groups is 1. The Bertz CT molecular complexity index is 594. The maximum absolute atomic E-state index is 13.0. The maximum atomic E-state index is 13.0. The van der Waals surface area contributed by atoms with Gasteiger partial charge in [0.2, 0.25) is 0 Å². The summed E-state index contributed by atoms with van der Waals surface area (Å²) in [5, 5.41) is 11.6. The Morgan fingerprint density at radius 2 is 1.74 bits per heavy atom. The predicted molar refractivity (Wildman–Crippen MR) is 66.7 cm³/mol. The van der Waals surface area contributed by atoms with Crippen LogP contribution in [0.15, 0.2) is 42.5 Å². The third kappa shape index (κ3) is 3.14. The van der Waals surface area contributed by atoms with Gasteiger partial charge in [-0.2, -0.15) is 0 Å². The summed E-state index contributed by atoms with van der Waals surface area (Å²) in [5.74, 6) is -2.28. The minimum absolute atomic E-state index is 0.120. The Morgan fingerprint density at radius 1 is 1.11 bits per heavy atom. The van der Waals surface area contributed by atoms with Crippen molar-refractivity contribution in [3.05, 3.63) is 65.2 Å². The van der Waals surface area contributed by atoms with E-state index in [9.17, 15) is 13.6 Å². The Balaban J connectivity index is 2.25. The van der Waals surface area contributed by atoms with Gasteiger partial charge in [-0.05, 0) is 18.2 Å². The summed E-state index contributed by atoms with van der Waals surface area (Å²) in [4.78, 5) is 11.9. The molecule has 19 heavy (non-hydrogen) atoms. The second-order valence-electron chi connectivity index (χ2n) is 3.93. The fourth-order valence-corrected chi connectivity index (χ4v) is 1.66. The molecule has 0 aromatic heterocycles. The molecule has 0 fully saturated rings. The van der Waals surface area contributed by atoms with Crippen LogP contribution >= 0.6 is 0 Å². The fourth-order valence-electron chi connectivity index (χ4n) is 1.66. The molecule has 2 aromatic carbocycles. The van der Waals surface area contributed by atoms with Crippen molar-refractivity contribution in [1.29, 1.82) is 0 Å². The highest BCUT2D eigenvalue weighted by Gasteiger charge is 2.11. The standard InChI is InChI=1S/C14H11F2NO2/c15-11-5-10(6-12(16)7-11)14(19)17-13-4-2-1-3-9(13)8-18/h1-7,18H,8H2,(H,17,19). The number of hydrogen-bond acceptors (Lipinski definition) is 2. The molecule has 2 aromatic rings. The zero-order chi connectivity index (χ0) is 13.8. The maximum Gasteiger partial charge on any atom is 0.255 e. The van der Waals surface area contributed by atoms with E-state index in [4.69, 9.17) is 5.11 Å². The zero-order valence-corrected chi connectivity index (χ0v) is 9.86. The van der Waals surface area contributed by atoms with Crippen molar-refractivity contribution in [1.82, 2.24) is 0 Å². The molecule has 3 nitrogen and oxygen atoms in total. The van der Waals surface area contributed by atoms with Gasteiger partial charge in [-0.25, -0.2) is 8.78 Å². The molecule has 1 amide bonds. The summed E-state index contributed by atoms with van der Waals surface area (Å²) in [6.07, 6.45) is 0. The first-order valence-corrected chi connectivity index (χ1v) is 5.56. The monoisotopic (exact) mass is 263 g/mol. The van der Waals surface area contributed by atoms with Gasteiger partial charge in [-0.15, -0.1) is 0 Å². The molecule has 0 atom stereocenters. The van der Waals surface area contributed by atoms with Gasteiger partial charge in [0.1, 0.15) is 11.6 Å². The molecule has 0 heterocycles. The smallest absolute Gasteiger partial charge is 0.255 e. The van der Waals surface area contributed by atoms with Crippen LogP contribution in [0.25, 0.3) is 0 Å². The van der Waals surface area contributed by atoms with E-state index in [1.807, 2.05) is 0 Å². The molecule has 98 valence electrons. The molecule has 0 aliphatic heterocycles. The number of halogens is 2. The highest BCUT2D eigenvalue weighted by molar-refractivity contribution is 6.04. The molecule has 0 aliphatic rings. The van der Waals surface area contributed by atoms with Crippen molar-refractivity contribution in [3.8, 4) is 0 Å². The molecule has 5 heteroatoms. The Hall–Kier alpha value is -2.27. The van der Waals surface area contributed by atoms with E-state index in [0.717, 1.165) is 12.1 Å². The average molecular weight is 263 g/mol. The van der Waals surface area contributed by atoms with Gasteiger partial charge in [0.25, 0.3) is 5.91 Å². The number of anilines is 1. The van der Waals surface area contributed by atoms with Crippen molar-refractivity contribution < 1.29 is 18.7 Å². The second kappa shape index (κ2) is 5.58.